The van der Waals surface area contributed by atoms with Crippen LogP contribution >= 0.6 is 0 Å². The number of rotatable bonds is 12. The molecule has 0 aromatic carbocycles. The summed E-state index contributed by atoms with van der Waals surface area (Å²) < 4.78 is 26.4. The number of hydrogen-bond acceptors (Lipinski definition) is 5. The largest absolute Gasteiger partial charge is 0.382 e. The Bertz CT molecular complexity index is 213. The molecule has 0 heterocycles. The molecule has 0 rings (SSSR count). The first kappa shape index (κ1) is 17.8. The molecule has 0 aromatic rings. The van der Waals surface area contributed by atoms with E-state index >= 15 is 0 Å². The van der Waals surface area contributed by atoms with Crippen molar-refractivity contribution in [2.24, 2.45) is 0 Å². The first-order chi connectivity index (χ1) is 8.54. The van der Waals surface area contributed by atoms with E-state index in [1.54, 1.807) is 14.2 Å². The lowest BCUT2D eigenvalue weighted by atomic mass is 10.4. The van der Waals surface area contributed by atoms with Crippen molar-refractivity contribution in [2.45, 2.75) is 12.3 Å². The van der Waals surface area contributed by atoms with Crippen molar-refractivity contribution in [3.05, 3.63) is 12.2 Å². The number of methoxy groups -OCH3 is 2. The molecule has 0 bridgehead atoms. The number of hydrogen-bond donors (Lipinski definition) is 0. The van der Waals surface area contributed by atoms with Gasteiger partial charge in [0, 0.05) is 14.2 Å². The topological polar surface area (TPSA) is 46.2 Å². The van der Waals surface area contributed by atoms with Crippen LogP contribution in [0.2, 0.25) is 0 Å². The van der Waals surface area contributed by atoms with Crippen LogP contribution in [0.1, 0.15) is 6.92 Å². The van der Waals surface area contributed by atoms with E-state index in [9.17, 15) is 0 Å². The predicted molar refractivity (Wildman–Crippen MR) is 69.8 cm³/mol. The molecule has 5 nitrogen and oxygen atoms in total. The molecule has 6 heteroatoms. The fourth-order valence-corrected chi connectivity index (χ4v) is 1.37. The molecule has 0 unspecified atom stereocenters. The van der Waals surface area contributed by atoms with Crippen LogP contribution in [-0.2, 0) is 23.7 Å². The van der Waals surface area contributed by atoms with Crippen LogP contribution in [0, 0.1) is 0 Å². The van der Waals surface area contributed by atoms with Gasteiger partial charge in [0.2, 0.25) is 0 Å². The average Bonchev–Trinajstić information content (AvgIpc) is 2.29. The Hall–Kier alpha value is -0.243. The van der Waals surface area contributed by atoms with Crippen LogP contribution in [0.25, 0.3) is 0 Å². The Morgan fingerprint density at radius 3 is 1.94 bits per heavy atom. The van der Waals surface area contributed by atoms with E-state index in [1.165, 1.54) is 0 Å². The van der Waals surface area contributed by atoms with Crippen molar-refractivity contribution in [1.29, 1.82) is 0 Å². The van der Waals surface area contributed by atoms with E-state index in [2.05, 4.69) is 16.8 Å². The molecule has 0 atom stereocenters. The minimum atomic E-state index is -0.980. The maximum absolute atomic E-state index is 5.55. The van der Waals surface area contributed by atoms with Gasteiger partial charge in [0.25, 0.3) is 0 Å². The Morgan fingerprint density at radius 1 is 1.06 bits per heavy atom. The SMILES string of the molecule is C=C(C)COCC([Si])(OCCOC)OCCOC. The highest BCUT2D eigenvalue weighted by Crippen LogP contribution is 2.10. The summed E-state index contributed by atoms with van der Waals surface area (Å²) in [7, 11) is 6.67. The van der Waals surface area contributed by atoms with Gasteiger partial charge >= 0.3 is 0 Å². The molecule has 0 N–H and O–H groups in total. The summed E-state index contributed by atoms with van der Waals surface area (Å²) in [6.07, 6.45) is 0. The summed E-state index contributed by atoms with van der Waals surface area (Å²) in [5, 5.41) is 0. The summed E-state index contributed by atoms with van der Waals surface area (Å²) in [5.74, 6) is 0. The minimum absolute atomic E-state index is 0.254. The smallest absolute Gasteiger partial charge is 0.166 e. The van der Waals surface area contributed by atoms with E-state index in [1.807, 2.05) is 6.92 Å². The molecule has 0 saturated heterocycles. The van der Waals surface area contributed by atoms with Crippen molar-refractivity contribution in [2.75, 3.05) is 53.9 Å². The standard InChI is InChI=1S/C12H23O5Si/c1-11(2)9-15-10-12(18,16-7-5-13-3)17-8-6-14-4/h1,5-10H2,2-4H3. The molecule has 0 fully saturated rings. The second-order valence-electron chi connectivity index (χ2n) is 3.89. The summed E-state index contributed by atoms with van der Waals surface area (Å²) in [6, 6.07) is 0. The predicted octanol–water partition coefficient (Wildman–Crippen LogP) is 0.727. The first-order valence-electron chi connectivity index (χ1n) is 5.77. The Labute approximate surface area is 113 Å². The maximum Gasteiger partial charge on any atom is 0.166 e. The summed E-state index contributed by atoms with van der Waals surface area (Å²) in [6.45, 7) is 8.16. The van der Waals surface area contributed by atoms with Gasteiger partial charge < -0.3 is 23.7 Å². The van der Waals surface area contributed by atoms with Crippen molar-refractivity contribution in [3.8, 4) is 0 Å². The van der Waals surface area contributed by atoms with Crippen molar-refractivity contribution in [3.63, 3.8) is 0 Å². The highest BCUT2D eigenvalue weighted by atomic mass is 28.1. The van der Waals surface area contributed by atoms with Gasteiger partial charge in [0.15, 0.2) is 5.41 Å². The van der Waals surface area contributed by atoms with Crippen molar-refractivity contribution >= 4 is 10.2 Å². The Morgan fingerprint density at radius 2 is 1.56 bits per heavy atom. The molecule has 3 radical (unpaired) electrons. The van der Waals surface area contributed by atoms with E-state index in [0.717, 1.165) is 5.57 Å². The van der Waals surface area contributed by atoms with Crippen molar-refractivity contribution < 1.29 is 23.7 Å². The van der Waals surface area contributed by atoms with Gasteiger partial charge in [-0.25, -0.2) is 0 Å². The molecule has 0 aliphatic heterocycles. The lowest BCUT2D eigenvalue weighted by Crippen LogP contribution is -2.43. The lowest BCUT2D eigenvalue weighted by molar-refractivity contribution is -0.213. The maximum atomic E-state index is 5.55. The third-order valence-corrected chi connectivity index (χ3v) is 2.32. The van der Waals surface area contributed by atoms with Crippen LogP contribution in [0.15, 0.2) is 12.2 Å². The molecule has 0 amide bonds. The molecule has 105 valence electrons. The molecular formula is C12H23O5Si. The molecule has 0 aliphatic rings. The number of ether oxygens (including phenoxy) is 5. The van der Waals surface area contributed by atoms with Crippen LogP contribution < -0.4 is 0 Å². The van der Waals surface area contributed by atoms with Gasteiger partial charge in [-0.3, -0.25) is 0 Å². The average molecular weight is 275 g/mol. The van der Waals surface area contributed by atoms with E-state index in [-0.39, 0.29) is 6.61 Å². The first-order valence-corrected chi connectivity index (χ1v) is 6.27. The minimum Gasteiger partial charge on any atom is -0.382 e. The second kappa shape index (κ2) is 10.7. The molecule has 18 heavy (non-hydrogen) atoms. The molecule has 0 spiro atoms. The zero-order valence-corrected chi connectivity index (χ0v) is 12.5. The van der Waals surface area contributed by atoms with Gasteiger partial charge in [-0.1, -0.05) is 12.2 Å². The molecule has 0 aromatic heterocycles. The zero-order chi connectivity index (χ0) is 13.9. The van der Waals surface area contributed by atoms with Crippen LogP contribution in [0.4, 0.5) is 0 Å². The van der Waals surface area contributed by atoms with Crippen LogP contribution in [0.3, 0.4) is 0 Å². The van der Waals surface area contributed by atoms with E-state index in [0.29, 0.717) is 33.0 Å². The zero-order valence-electron chi connectivity index (χ0n) is 11.5. The van der Waals surface area contributed by atoms with Crippen LogP contribution in [-0.4, -0.2) is 69.5 Å². The van der Waals surface area contributed by atoms with Crippen LogP contribution in [0.5, 0.6) is 0 Å². The normalized spacial score (nSPS) is 11.8. The lowest BCUT2D eigenvalue weighted by Gasteiger charge is -2.30. The van der Waals surface area contributed by atoms with Gasteiger partial charge in [0.05, 0.1) is 39.6 Å². The monoisotopic (exact) mass is 275 g/mol. The van der Waals surface area contributed by atoms with Gasteiger partial charge in [-0.15, -0.1) is 0 Å². The fraction of sp³-hybridized carbons (Fsp3) is 0.833. The van der Waals surface area contributed by atoms with Gasteiger partial charge in [-0.2, -0.15) is 0 Å². The summed E-state index contributed by atoms with van der Waals surface area (Å²) in [5.41, 5.74) is -0.0372. The Kier molecular flexibility index (Phi) is 10.5. The fourth-order valence-electron chi connectivity index (χ4n) is 1.06. The van der Waals surface area contributed by atoms with Gasteiger partial charge in [-0.05, 0) is 6.92 Å². The molecule has 0 aliphatic carbocycles. The van der Waals surface area contributed by atoms with Gasteiger partial charge in [0.1, 0.15) is 10.2 Å². The third kappa shape index (κ3) is 9.75. The molecule has 0 saturated carbocycles. The summed E-state index contributed by atoms with van der Waals surface area (Å²) in [4.78, 5) is 0. The Balaban J connectivity index is 4.06. The third-order valence-electron chi connectivity index (χ3n) is 1.89. The second-order valence-corrected chi connectivity index (χ2v) is 4.65. The quantitative estimate of drug-likeness (QED) is 0.227. The summed E-state index contributed by atoms with van der Waals surface area (Å²) >= 11 is 0. The van der Waals surface area contributed by atoms with E-state index < -0.39 is 5.41 Å². The van der Waals surface area contributed by atoms with Crippen molar-refractivity contribution in [1.82, 2.24) is 0 Å². The van der Waals surface area contributed by atoms with E-state index in [4.69, 9.17) is 23.7 Å². The molecular weight excluding hydrogens is 252 g/mol. The highest BCUT2D eigenvalue weighted by Gasteiger charge is 2.26. The highest BCUT2D eigenvalue weighted by molar-refractivity contribution is 6.13.